The van der Waals surface area contributed by atoms with Gasteiger partial charge in [0.1, 0.15) is 0 Å². The fourth-order valence-corrected chi connectivity index (χ4v) is 1.43. The first-order valence-corrected chi connectivity index (χ1v) is 3.85. The van der Waals surface area contributed by atoms with Crippen molar-refractivity contribution in [1.82, 2.24) is 4.37 Å². The molecule has 0 saturated heterocycles. The van der Waals surface area contributed by atoms with Gasteiger partial charge in [-0.2, -0.15) is 4.37 Å². The van der Waals surface area contributed by atoms with Crippen molar-refractivity contribution in [3.8, 4) is 10.9 Å². The fraction of sp³-hybridized carbons (Fsp3) is 0.333. The first-order chi connectivity index (χ1) is 5.70. The highest BCUT2D eigenvalue weighted by molar-refractivity contribution is 7.08. The zero-order valence-electron chi connectivity index (χ0n) is 6.66. The maximum absolute atomic E-state index is 10.9. The fourth-order valence-electron chi connectivity index (χ4n) is 0.746. The molecule has 0 fully saturated rings. The van der Waals surface area contributed by atoms with Crippen LogP contribution in [0.1, 0.15) is 10.4 Å². The van der Waals surface area contributed by atoms with Crippen molar-refractivity contribution in [2.45, 2.75) is 0 Å². The monoisotopic (exact) mass is 188 g/mol. The van der Waals surface area contributed by atoms with Gasteiger partial charge in [-0.05, 0) is 0 Å². The lowest BCUT2D eigenvalue weighted by Crippen LogP contribution is -2.12. The van der Waals surface area contributed by atoms with E-state index in [9.17, 15) is 4.79 Å². The molecule has 6 heteroatoms. The second-order valence-electron chi connectivity index (χ2n) is 1.92. The largest absolute Gasteiger partial charge is 0.485 e. The molecule has 0 saturated carbocycles. The number of hydrogen-bond acceptors (Lipinski definition) is 5. The molecule has 1 aromatic heterocycles. The number of methoxy groups -OCH3 is 2. The van der Waals surface area contributed by atoms with Gasteiger partial charge < -0.3 is 15.2 Å². The van der Waals surface area contributed by atoms with E-state index in [4.69, 9.17) is 15.2 Å². The van der Waals surface area contributed by atoms with Crippen LogP contribution < -0.4 is 15.2 Å². The summed E-state index contributed by atoms with van der Waals surface area (Å²) in [6, 6.07) is 0. The second kappa shape index (κ2) is 3.40. The summed E-state index contributed by atoms with van der Waals surface area (Å²) in [6.45, 7) is 0. The van der Waals surface area contributed by atoms with E-state index in [1.165, 1.54) is 14.2 Å². The van der Waals surface area contributed by atoms with Crippen LogP contribution >= 0.6 is 11.5 Å². The zero-order valence-corrected chi connectivity index (χ0v) is 7.47. The van der Waals surface area contributed by atoms with E-state index in [0.29, 0.717) is 5.06 Å². The molecule has 0 aliphatic rings. The minimum Gasteiger partial charge on any atom is -0.485 e. The first-order valence-electron chi connectivity index (χ1n) is 3.08. The molecule has 0 radical (unpaired) electrons. The van der Waals surface area contributed by atoms with Gasteiger partial charge in [-0.25, -0.2) is 0 Å². The number of nitrogens with zero attached hydrogens (tertiary/aromatic N) is 1. The minimum absolute atomic E-state index is 0.199. The molecule has 5 nitrogen and oxygen atoms in total. The van der Waals surface area contributed by atoms with Crippen molar-refractivity contribution in [2.24, 2.45) is 5.73 Å². The highest BCUT2D eigenvalue weighted by Crippen LogP contribution is 2.31. The summed E-state index contributed by atoms with van der Waals surface area (Å²) in [7, 11) is 2.86. The zero-order chi connectivity index (χ0) is 9.14. The average Bonchev–Trinajstić information content (AvgIpc) is 2.46. The topological polar surface area (TPSA) is 74.4 Å². The molecule has 0 atom stereocenters. The quantitative estimate of drug-likeness (QED) is 0.738. The van der Waals surface area contributed by atoms with Crippen molar-refractivity contribution in [2.75, 3.05) is 14.2 Å². The smallest absolute Gasteiger partial charge is 0.259 e. The number of rotatable bonds is 3. The SMILES string of the molecule is COc1nsc(OC)c1C(N)=O. The molecular formula is C6H8N2O3S. The third-order valence-electron chi connectivity index (χ3n) is 1.25. The van der Waals surface area contributed by atoms with Gasteiger partial charge in [0.25, 0.3) is 5.91 Å². The molecule has 1 amide bonds. The van der Waals surface area contributed by atoms with Crippen molar-refractivity contribution in [3.05, 3.63) is 5.56 Å². The third kappa shape index (κ3) is 1.33. The Labute approximate surface area is 73.3 Å². The summed E-state index contributed by atoms with van der Waals surface area (Å²) in [5.41, 5.74) is 5.28. The van der Waals surface area contributed by atoms with E-state index in [0.717, 1.165) is 11.5 Å². The van der Waals surface area contributed by atoms with Crippen LogP contribution in [0.3, 0.4) is 0 Å². The van der Waals surface area contributed by atoms with Crippen LogP contribution in [0.5, 0.6) is 10.9 Å². The normalized spacial score (nSPS) is 9.50. The minimum atomic E-state index is -0.600. The lowest BCUT2D eigenvalue weighted by Gasteiger charge is -1.98. The van der Waals surface area contributed by atoms with E-state index < -0.39 is 5.91 Å². The number of hydrogen-bond donors (Lipinski definition) is 1. The molecule has 66 valence electrons. The average molecular weight is 188 g/mol. The number of amides is 1. The van der Waals surface area contributed by atoms with Gasteiger partial charge in [0.05, 0.1) is 14.2 Å². The van der Waals surface area contributed by atoms with Crippen LogP contribution in [0.15, 0.2) is 0 Å². The molecule has 2 N–H and O–H groups in total. The Morgan fingerprint density at radius 1 is 1.50 bits per heavy atom. The highest BCUT2D eigenvalue weighted by Gasteiger charge is 2.19. The van der Waals surface area contributed by atoms with Crippen LogP contribution in [0.2, 0.25) is 0 Å². The van der Waals surface area contributed by atoms with Gasteiger partial charge in [-0.3, -0.25) is 4.79 Å². The Kier molecular flexibility index (Phi) is 2.49. The molecule has 0 aliphatic heterocycles. The predicted octanol–water partition coefficient (Wildman–Crippen LogP) is 0.259. The van der Waals surface area contributed by atoms with Gasteiger partial charge >= 0.3 is 0 Å². The molecule has 12 heavy (non-hydrogen) atoms. The summed E-state index contributed by atoms with van der Waals surface area (Å²) >= 11 is 1.03. The molecular weight excluding hydrogens is 180 g/mol. The Bertz CT molecular complexity index is 275. The number of carbonyl (C=O) groups is 1. The summed E-state index contributed by atoms with van der Waals surface area (Å²) in [5, 5.41) is 0.374. The van der Waals surface area contributed by atoms with Crippen molar-refractivity contribution >= 4 is 17.4 Å². The molecule has 1 heterocycles. The van der Waals surface area contributed by atoms with Crippen molar-refractivity contribution in [3.63, 3.8) is 0 Å². The molecule has 0 aromatic carbocycles. The number of ether oxygens (including phenoxy) is 2. The summed E-state index contributed by atoms with van der Waals surface area (Å²) in [5.74, 6) is -0.387. The molecule has 0 spiro atoms. The van der Waals surface area contributed by atoms with Gasteiger partial charge in [0.2, 0.25) is 10.9 Å². The number of carbonyl (C=O) groups excluding carboxylic acids is 1. The van der Waals surface area contributed by atoms with Crippen LogP contribution in [-0.2, 0) is 0 Å². The maximum Gasteiger partial charge on any atom is 0.259 e. The summed E-state index contributed by atoms with van der Waals surface area (Å²) in [6.07, 6.45) is 0. The van der Waals surface area contributed by atoms with Gasteiger partial charge in [-0.1, -0.05) is 0 Å². The van der Waals surface area contributed by atoms with Gasteiger partial charge in [0.15, 0.2) is 5.56 Å². The van der Waals surface area contributed by atoms with Crippen molar-refractivity contribution < 1.29 is 14.3 Å². The molecule has 1 rings (SSSR count). The summed E-state index contributed by atoms with van der Waals surface area (Å²) in [4.78, 5) is 10.9. The van der Waals surface area contributed by atoms with Crippen molar-refractivity contribution in [1.29, 1.82) is 0 Å². The highest BCUT2D eigenvalue weighted by atomic mass is 32.1. The second-order valence-corrected chi connectivity index (χ2v) is 2.66. The lowest BCUT2D eigenvalue weighted by atomic mass is 10.3. The van der Waals surface area contributed by atoms with Crippen LogP contribution in [0, 0.1) is 0 Å². The lowest BCUT2D eigenvalue weighted by molar-refractivity contribution is 0.0995. The van der Waals surface area contributed by atoms with Crippen LogP contribution in [0.4, 0.5) is 0 Å². The number of nitrogens with two attached hydrogens (primary N) is 1. The molecule has 0 unspecified atom stereocenters. The van der Waals surface area contributed by atoms with Gasteiger partial charge in [-0.15, -0.1) is 0 Å². The number of primary amides is 1. The molecule has 1 aromatic rings. The third-order valence-corrected chi connectivity index (χ3v) is 2.05. The Morgan fingerprint density at radius 2 is 2.17 bits per heavy atom. The van der Waals surface area contributed by atoms with Crippen LogP contribution in [-0.4, -0.2) is 24.5 Å². The van der Waals surface area contributed by atoms with Crippen LogP contribution in [0.25, 0.3) is 0 Å². The maximum atomic E-state index is 10.9. The standard InChI is InChI=1S/C6H8N2O3S/c1-10-5-3(4(7)9)6(11-2)12-8-5/h1-2H3,(H2,7,9). The molecule has 0 aliphatic carbocycles. The molecule has 0 bridgehead atoms. The van der Waals surface area contributed by atoms with E-state index in [2.05, 4.69) is 4.37 Å². The Hall–Kier alpha value is -1.30. The Balaban J connectivity index is 3.16. The Morgan fingerprint density at radius 3 is 2.58 bits per heavy atom. The van der Waals surface area contributed by atoms with E-state index in [-0.39, 0.29) is 11.4 Å². The van der Waals surface area contributed by atoms with E-state index in [1.807, 2.05) is 0 Å². The van der Waals surface area contributed by atoms with E-state index in [1.54, 1.807) is 0 Å². The number of aromatic nitrogens is 1. The predicted molar refractivity (Wildman–Crippen MR) is 43.7 cm³/mol. The summed E-state index contributed by atoms with van der Waals surface area (Å²) < 4.78 is 13.5. The first kappa shape index (κ1) is 8.79. The van der Waals surface area contributed by atoms with E-state index >= 15 is 0 Å². The van der Waals surface area contributed by atoms with Gasteiger partial charge in [0, 0.05) is 11.5 Å².